The Bertz CT molecular complexity index is 352. The number of aryl methyl sites for hydroxylation is 1. The van der Waals surface area contributed by atoms with Crippen LogP contribution < -0.4 is 16.6 Å². The second-order valence-electron chi connectivity index (χ2n) is 4.36. The standard InChI is InChI=1S/C13H26N6O/c1-2-20-11-5-7-17-13(18-14)16-6-3-4-9-19-10-8-15-12-19/h8,10,12H,2-7,9,11,14H2,1H3,(H2,16,17,18). The molecular weight excluding hydrogens is 256 g/mol. The number of aromatic nitrogens is 2. The van der Waals surface area contributed by atoms with Crippen LogP contribution in [0.4, 0.5) is 0 Å². The number of guanidine groups is 1. The molecule has 0 spiro atoms. The van der Waals surface area contributed by atoms with E-state index in [1.54, 1.807) is 6.20 Å². The van der Waals surface area contributed by atoms with Gasteiger partial charge < -0.3 is 14.6 Å². The summed E-state index contributed by atoms with van der Waals surface area (Å²) in [6.45, 7) is 6.02. The van der Waals surface area contributed by atoms with Gasteiger partial charge in [0.05, 0.1) is 6.33 Å². The van der Waals surface area contributed by atoms with Crippen LogP contribution in [0.1, 0.15) is 26.2 Å². The van der Waals surface area contributed by atoms with Gasteiger partial charge in [-0.05, 0) is 26.2 Å². The number of hydrazine groups is 1. The van der Waals surface area contributed by atoms with Crippen LogP contribution in [-0.4, -0.2) is 41.8 Å². The number of nitrogens with one attached hydrogen (secondary N) is 2. The highest BCUT2D eigenvalue weighted by molar-refractivity contribution is 5.79. The SMILES string of the molecule is CCOCCCN=C(NN)NCCCCn1ccnc1. The first-order chi connectivity index (χ1) is 9.86. The van der Waals surface area contributed by atoms with E-state index in [1.807, 2.05) is 19.4 Å². The Hall–Kier alpha value is -1.60. The zero-order valence-electron chi connectivity index (χ0n) is 12.2. The van der Waals surface area contributed by atoms with Crippen molar-refractivity contribution in [2.75, 3.05) is 26.3 Å². The minimum atomic E-state index is 0.643. The van der Waals surface area contributed by atoms with Gasteiger partial charge in [0.25, 0.3) is 0 Å². The number of aliphatic imine (C=N–C) groups is 1. The average Bonchev–Trinajstić information content (AvgIpc) is 2.97. The fourth-order valence-corrected chi connectivity index (χ4v) is 1.70. The fraction of sp³-hybridized carbons (Fsp3) is 0.692. The quantitative estimate of drug-likeness (QED) is 0.191. The van der Waals surface area contributed by atoms with Crippen LogP contribution in [0.25, 0.3) is 0 Å². The number of imidazole rings is 1. The number of rotatable bonds is 10. The molecule has 1 heterocycles. The van der Waals surface area contributed by atoms with Gasteiger partial charge in [0.15, 0.2) is 0 Å². The molecule has 0 amide bonds. The third kappa shape index (κ3) is 7.75. The average molecular weight is 282 g/mol. The lowest BCUT2D eigenvalue weighted by atomic mass is 10.3. The summed E-state index contributed by atoms with van der Waals surface area (Å²) in [5.74, 6) is 6.06. The van der Waals surface area contributed by atoms with Crippen LogP contribution >= 0.6 is 0 Å². The van der Waals surface area contributed by atoms with Crippen LogP contribution in [0, 0.1) is 0 Å². The molecule has 0 saturated heterocycles. The molecule has 0 fully saturated rings. The molecule has 0 aliphatic heterocycles. The summed E-state index contributed by atoms with van der Waals surface area (Å²) in [5.41, 5.74) is 2.58. The molecule has 7 heteroatoms. The number of hydrogen-bond donors (Lipinski definition) is 3. The van der Waals surface area contributed by atoms with Crippen LogP contribution in [0.15, 0.2) is 23.7 Å². The summed E-state index contributed by atoms with van der Waals surface area (Å²) in [6, 6.07) is 0. The summed E-state index contributed by atoms with van der Waals surface area (Å²) in [7, 11) is 0. The molecule has 0 saturated carbocycles. The van der Waals surface area contributed by atoms with Crippen molar-refractivity contribution in [3.8, 4) is 0 Å². The summed E-state index contributed by atoms with van der Waals surface area (Å²) >= 11 is 0. The minimum absolute atomic E-state index is 0.643. The Balaban J connectivity index is 2.03. The minimum Gasteiger partial charge on any atom is -0.382 e. The van der Waals surface area contributed by atoms with Crippen molar-refractivity contribution < 1.29 is 4.74 Å². The van der Waals surface area contributed by atoms with Crippen LogP contribution in [0.5, 0.6) is 0 Å². The second kappa shape index (κ2) is 11.2. The fourth-order valence-electron chi connectivity index (χ4n) is 1.70. The van der Waals surface area contributed by atoms with Gasteiger partial charge in [-0.2, -0.15) is 0 Å². The highest BCUT2D eigenvalue weighted by Crippen LogP contribution is 1.94. The topological polar surface area (TPSA) is 89.5 Å². The van der Waals surface area contributed by atoms with Crippen molar-refractivity contribution in [2.45, 2.75) is 32.7 Å². The Kier molecular flexibility index (Phi) is 9.25. The lowest BCUT2D eigenvalue weighted by molar-refractivity contribution is 0.146. The molecule has 0 aliphatic rings. The van der Waals surface area contributed by atoms with Crippen molar-refractivity contribution in [1.82, 2.24) is 20.3 Å². The molecule has 0 bridgehead atoms. The van der Waals surface area contributed by atoms with E-state index in [9.17, 15) is 0 Å². The maximum atomic E-state index is 5.42. The normalized spacial score (nSPS) is 11.6. The molecule has 20 heavy (non-hydrogen) atoms. The Morgan fingerprint density at radius 3 is 3.00 bits per heavy atom. The van der Waals surface area contributed by atoms with Crippen molar-refractivity contribution in [3.63, 3.8) is 0 Å². The zero-order valence-corrected chi connectivity index (χ0v) is 12.2. The van der Waals surface area contributed by atoms with Gasteiger partial charge in [0, 0.05) is 45.2 Å². The predicted molar refractivity (Wildman–Crippen MR) is 80.2 cm³/mol. The van der Waals surface area contributed by atoms with Gasteiger partial charge in [0.1, 0.15) is 0 Å². The van der Waals surface area contributed by atoms with Gasteiger partial charge in [-0.25, -0.2) is 10.8 Å². The largest absolute Gasteiger partial charge is 0.382 e. The zero-order chi connectivity index (χ0) is 14.5. The van der Waals surface area contributed by atoms with E-state index in [0.717, 1.165) is 45.6 Å². The maximum absolute atomic E-state index is 5.42. The summed E-state index contributed by atoms with van der Waals surface area (Å²) < 4.78 is 7.32. The van der Waals surface area contributed by atoms with Crippen LogP contribution in [-0.2, 0) is 11.3 Å². The maximum Gasteiger partial charge on any atom is 0.205 e. The summed E-state index contributed by atoms with van der Waals surface area (Å²) in [5, 5.41) is 3.19. The smallest absolute Gasteiger partial charge is 0.205 e. The van der Waals surface area contributed by atoms with Gasteiger partial charge in [-0.1, -0.05) is 0 Å². The first kappa shape index (κ1) is 16.5. The van der Waals surface area contributed by atoms with E-state index >= 15 is 0 Å². The first-order valence-electron chi connectivity index (χ1n) is 7.15. The molecule has 0 aliphatic carbocycles. The van der Waals surface area contributed by atoms with Gasteiger partial charge in [0.2, 0.25) is 5.96 Å². The second-order valence-corrected chi connectivity index (χ2v) is 4.36. The molecule has 4 N–H and O–H groups in total. The van der Waals surface area contributed by atoms with Crippen molar-refractivity contribution in [1.29, 1.82) is 0 Å². The number of ether oxygens (including phenoxy) is 1. The molecular formula is C13H26N6O. The van der Waals surface area contributed by atoms with E-state index in [0.29, 0.717) is 12.5 Å². The van der Waals surface area contributed by atoms with E-state index < -0.39 is 0 Å². The van der Waals surface area contributed by atoms with Crippen molar-refractivity contribution >= 4 is 5.96 Å². The Morgan fingerprint density at radius 1 is 1.40 bits per heavy atom. The van der Waals surface area contributed by atoms with Crippen molar-refractivity contribution in [3.05, 3.63) is 18.7 Å². The number of hydrogen-bond acceptors (Lipinski definition) is 4. The van der Waals surface area contributed by atoms with Gasteiger partial charge in [-0.15, -0.1) is 0 Å². The molecule has 0 unspecified atom stereocenters. The van der Waals surface area contributed by atoms with E-state index in [2.05, 4.69) is 25.3 Å². The van der Waals surface area contributed by atoms with E-state index in [-0.39, 0.29) is 0 Å². The first-order valence-corrected chi connectivity index (χ1v) is 7.15. The highest BCUT2D eigenvalue weighted by Gasteiger charge is 1.96. The van der Waals surface area contributed by atoms with E-state index in [1.165, 1.54) is 0 Å². The van der Waals surface area contributed by atoms with Crippen LogP contribution in [0.3, 0.4) is 0 Å². The van der Waals surface area contributed by atoms with E-state index in [4.69, 9.17) is 10.6 Å². The monoisotopic (exact) mass is 282 g/mol. The molecule has 1 aromatic rings. The van der Waals surface area contributed by atoms with Gasteiger partial charge in [-0.3, -0.25) is 10.4 Å². The third-order valence-electron chi connectivity index (χ3n) is 2.75. The molecule has 114 valence electrons. The molecule has 0 aromatic carbocycles. The highest BCUT2D eigenvalue weighted by atomic mass is 16.5. The number of unbranched alkanes of at least 4 members (excludes halogenated alkanes) is 1. The number of nitrogens with zero attached hydrogens (tertiary/aromatic N) is 3. The Morgan fingerprint density at radius 2 is 2.30 bits per heavy atom. The molecule has 7 nitrogen and oxygen atoms in total. The van der Waals surface area contributed by atoms with Crippen LogP contribution in [0.2, 0.25) is 0 Å². The Labute approximate surface area is 120 Å². The molecule has 0 atom stereocenters. The lowest BCUT2D eigenvalue weighted by Crippen LogP contribution is -2.42. The lowest BCUT2D eigenvalue weighted by Gasteiger charge is -2.09. The molecule has 0 radical (unpaired) electrons. The van der Waals surface area contributed by atoms with Crippen molar-refractivity contribution in [2.24, 2.45) is 10.8 Å². The summed E-state index contributed by atoms with van der Waals surface area (Å²) in [6.07, 6.45) is 8.65. The summed E-state index contributed by atoms with van der Waals surface area (Å²) in [4.78, 5) is 8.34. The predicted octanol–water partition coefficient (Wildman–Crippen LogP) is 0.499. The molecule has 1 rings (SSSR count). The number of nitrogens with two attached hydrogens (primary N) is 1. The van der Waals surface area contributed by atoms with Gasteiger partial charge >= 0.3 is 0 Å². The molecule has 1 aromatic heterocycles. The third-order valence-corrected chi connectivity index (χ3v) is 2.75.